The molecular weight excluding hydrogens is 327 g/mol. The van der Waals surface area contributed by atoms with Crippen molar-refractivity contribution in [2.75, 3.05) is 0 Å². The van der Waals surface area contributed by atoms with Crippen LogP contribution in [0.1, 0.15) is 117 Å². The molecule has 22 heavy (non-hydrogen) atoms. The Morgan fingerprint density at radius 1 is 0.364 bits per heavy atom. The molecule has 0 aliphatic heterocycles. The quantitative estimate of drug-likeness (QED) is 0.167. The van der Waals surface area contributed by atoms with Gasteiger partial charge in [-0.3, -0.25) is 0 Å². The van der Waals surface area contributed by atoms with Crippen molar-refractivity contribution in [3.8, 4) is 0 Å². The molecule has 0 nitrogen and oxygen atoms in total. The maximum atomic E-state index is 2.32. The van der Waals surface area contributed by atoms with Gasteiger partial charge in [0.25, 0.3) is 0 Å². The molecule has 0 saturated heterocycles. The standard InChI is InChI=1S/C21H45As/c1-4-7-10-13-16-19-22(20-17-14-11-8-5-2)21-18-15-12-9-6-3/h4-21H2,1-3H3. The second-order valence-electron chi connectivity index (χ2n) is 7.08. The first kappa shape index (κ1) is 22.6. The zero-order valence-corrected chi connectivity index (χ0v) is 18.1. The van der Waals surface area contributed by atoms with E-state index < -0.39 is 14.7 Å². The van der Waals surface area contributed by atoms with E-state index in [-0.39, 0.29) is 0 Å². The SMILES string of the molecule is CCCCCCC[As](CCCCCCC)CCCCCCC. The maximum absolute atomic E-state index is 2.32. The molecule has 0 saturated carbocycles. The zero-order chi connectivity index (χ0) is 16.3. The number of hydrogen-bond donors (Lipinski definition) is 0. The summed E-state index contributed by atoms with van der Waals surface area (Å²) in [7, 11) is 0. The predicted octanol–water partition coefficient (Wildman–Crippen LogP) is 8.39. The van der Waals surface area contributed by atoms with Crippen LogP contribution in [-0.2, 0) is 0 Å². The van der Waals surface area contributed by atoms with Crippen molar-refractivity contribution in [1.82, 2.24) is 0 Å². The minimum absolute atomic E-state index is 0.460. The third-order valence-corrected chi connectivity index (χ3v) is 10.7. The van der Waals surface area contributed by atoms with Gasteiger partial charge in [0.05, 0.1) is 0 Å². The summed E-state index contributed by atoms with van der Waals surface area (Å²) >= 11 is -0.460. The summed E-state index contributed by atoms with van der Waals surface area (Å²) in [4.78, 5) is 0. The summed E-state index contributed by atoms with van der Waals surface area (Å²) in [5.41, 5.74) is 0. The molecule has 0 rings (SSSR count). The number of unbranched alkanes of at least 4 members (excludes halogenated alkanes) is 12. The van der Waals surface area contributed by atoms with Crippen LogP contribution in [0, 0.1) is 0 Å². The van der Waals surface area contributed by atoms with Crippen LogP contribution in [0.25, 0.3) is 0 Å². The van der Waals surface area contributed by atoms with Gasteiger partial charge >= 0.3 is 147 Å². The van der Waals surface area contributed by atoms with Crippen LogP contribution in [0.3, 0.4) is 0 Å². The van der Waals surface area contributed by atoms with E-state index in [0.29, 0.717) is 0 Å². The van der Waals surface area contributed by atoms with Crippen molar-refractivity contribution < 1.29 is 0 Å². The van der Waals surface area contributed by atoms with Gasteiger partial charge in [-0.25, -0.2) is 0 Å². The third kappa shape index (κ3) is 16.9. The normalized spacial score (nSPS) is 11.5. The molecule has 0 heterocycles. The molecule has 0 N–H and O–H groups in total. The van der Waals surface area contributed by atoms with Gasteiger partial charge in [0, 0.05) is 0 Å². The minimum atomic E-state index is -0.460. The third-order valence-electron chi connectivity index (χ3n) is 4.73. The fourth-order valence-corrected chi connectivity index (χ4v) is 8.78. The van der Waals surface area contributed by atoms with Crippen LogP contribution in [0.5, 0.6) is 0 Å². The van der Waals surface area contributed by atoms with Gasteiger partial charge in [-0.1, -0.05) is 0 Å². The van der Waals surface area contributed by atoms with Crippen molar-refractivity contribution in [3.05, 3.63) is 0 Å². The molecule has 0 radical (unpaired) electrons. The summed E-state index contributed by atoms with van der Waals surface area (Å²) in [6, 6.07) is 0. The van der Waals surface area contributed by atoms with Crippen LogP contribution in [0.2, 0.25) is 15.6 Å². The molecule has 0 spiro atoms. The molecule has 0 fully saturated rings. The molecule has 0 aromatic carbocycles. The molecule has 0 aliphatic carbocycles. The van der Waals surface area contributed by atoms with Crippen LogP contribution in [0.4, 0.5) is 0 Å². The van der Waals surface area contributed by atoms with Gasteiger partial charge in [0.2, 0.25) is 0 Å². The fourth-order valence-electron chi connectivity index (χ4n) is 3.15. The van der Waals surface area contributed by atoms with Crippen molar-refractivity contribution in [3.63, 3.8) is 0 Å². The van der Waals surface area contributed by atoms with Crippen molar-refractivity contribution in [2.45, 2.75) is 133 Å². The van der Waals surface area contributed by atoms with Crippen molar-refractivity contribution in [1.29, 1.82) is 0 Å². The Hall–Kier alpha value is 0.558. The van der Waals surface area contributed by atoms with E-state index in [1.165, 1.54) is 77.0 Å². The van der Waals surface area contributed by atoms with Crippen LogP contribution < -0.4 is 0 Å². The Kier molecular flexibility index (Phi) is 20.1. The van der Waals surface area contributed by atoms with Crippen LogP contribution >= 0.6 is 0 Å². The van der Waals surface area contributed by atoms with Gasteiger partial charge < -0.3 is 0 Å². The summed E-state index contributed by atoms with van der Waals surface area (Å²) in [5.74, 6) is 0. The molecular formula is C21H45As. The molecule has 0 aromatic heterocycles. The monoisotopic (exact) mass is 372 g/mol. The molecule has 0 amide bonds. The number of hydrogen-bond acceptors (Lipinski definition) is 0. The fraction of sp³-hybridized carbons (Fsp3) is 1.00. The Bertz CT molecular complexity index is 157. The van der Waals surface area contributed by atoms with E-state index in [9.17, 15) is 0 Å². The zero-order valence-electron chi connectivity index (χ0n) is 16.2. The number of rotatable bonds is 18. The first-order valence-electron chi connectivity index (χ1n) is 10.6. The topological polar surface area (TPSA) is 0 Å². The average molecular weight is 373 g/mol. The Morgan fingerprint density at radius 2 is 0.636 bits per heavy atom. The van der Waals surface area contributed by atoms with Gasteiger partial charge in [-0.05, 0) is 0 Å². The molecule has 0 bridgehead atoms. The van der Waals surface area contributed by atoms with E-state index in [1.54, 1.807) is 34.9 Å². The first-order valence-corrected chi connectivity index (χ1v) is 14.6. The van der Waals surface area contributed by atoms with Gasteiger partial charge in [0.15, 0.2) is 0 Å². The Morgan fingerprint density at radius 3 is 0.909 bits per heavy atom. The molecule has 134 valence electrons. The first-order chi connectivity index (χ1) is 10.8. The van der Waals surface area contributed by atoms with E-state index >= 15 is 0 Å². The second kappa shape index (κ2) is 19.6. The van der Waals surface area contributed by atoms with Gasteiger partial charge in [-0.2, -0.15) is 0 Å². The molecule has 1 heteroatoms. The van der Waals surface area contributed by atoms with E-state index in [1.807, 2.05) is 0 Å². The van der Waals surface area contributed by atoms with E-state index in [0.717, 1.165) is 0 Å². The van der Waals surface area contributed by atoms with Crippen molar-refractivity contribution in [2.24, 2.45) is 0 Å². The molecule has 0 aromatic rings. The van der Waals surface area contributed by atoms with Crippen molar-refractivity contribution >= 4 is 14.7 Å². The van der Waals surface area contributed by atoms with Gasteiger partial charge in [0.1, 0.15) is 0 Å². The summed E-state index contributed by atoms with van der Waals surface area (Å²) < 4.78 is 0. The Balaban J connectivity index is 3.72. The molecule has 0 atom stereocenters. The van der Waals surface area contributed by atoms with Gasteiger partial charge in [-0.15, -0.1) is 0 Å². The second-order valence-corrected chi connectivity index (χ2v) is 12.7. The molecule has 0 aliphatic rings. The Labute approximate surface area is 147 Å². The predicted molar refractivity (Wildman–Crippen MR) is 106 cm³/mol. The summed E-state index contributed by atoms with van der Waals surface area (Å²) in [5, 5.41) is 4.99. The average Bonchev–Trinajstić information content (AvgIpc) is 2.53. The summed E-state index contributed by atoms with van der Waals surface area (Å²) in [6.45, 7) is 6.97. The van der Waals surface area contributed by atoms with Crippen LogP contribution in [-0.4, -0.2) is 14.7 Å². The van der Waals surface area contributed by atoms with E-state index in [2.05, 4.69) is 20.8 Å². The molecule has 0 unspecified atom stereocenters. The van der Waals surface area contributed by atoms with Crippen LogP contribution in [0.15, 0.2) is 0 Å². The van der Waals surface area contributed by atoms with E-state index in [4.69, 9.17) is 0 Å². The summed E-state index contributed by atoms with van der Waals surface area (Å²) in [6.07, 6.45) is 22.2.